The number of aromatic nitrogens is 1. The average Bonchev–Trinajstić information content (AvgIpc) is 2.25. The number of halogens is 4. The summed E-state index contributed by atoms with van der Waals surface area (Å²) >= 11 is 5.80. The molecule has 0 aromatic carbocycles. The number of pyridine rings is 1. The molecule has 0 saturated heterocycles. The molecule has 1 heterocycles. The number of carbonyl (C=O) groups excluding carboxylic acids is 1. The van der Waals surface area contributed by atoms with Crippen LogP contribution in [0.5, 0.6) is 0 Å². The number of aryl methyl sites for hydroxylation is 1. The van der Waals surface area contributed by atoms with E-state index in [0.717, 1.165) is 6.42 Å². The lowest BCUT2D eigenvalue weighted by Gasteiger charge is -2.16. The van der Waals surface area contributed by atoms with Gasteiger partial charge in [-0.3, -0.25) is 4.79 Å². The molecule has 1 rings (SSSR count). The van der Waals surface area contributed by atoms with Crippen molar-refractivity contribution in [3.63, 3.8) is 0 Å². The van der Waals surface area contributed by atoms with E-state index >= 15 is 0 Å². The van der Waals surface area contributed by atoms with Crippen LogP contribution in [0.3, 0.4) is 0 Å². The fourth-order valence-corrected chi connectivity index (χ4v) is 2.00. The largest absolute Gasteiger partial charge is 0.391 e. The summed E-state index contributed by atoms with van der Waals surface area (Å²) in [6.07, 6.45) is -3.90. The minimum Gasteiger partial charge on any atom is -0.349 e. The normalized spacial score (nSPS) is 13.1. The topological polar surface area (TPSA) is 42.0 Å². The molecule has 0 aliphatic heterocycles. The van der Waals surface area contributed by atoms with E-state index < -0.39 is 24.5 Å². The highest BCUT2D eigenvalue weighted by Crippen LogP contribution is 2.21. The Morgan fingerprint density at radius 3 is 2.65 bits per heavy atom. The zero-order valence-electron chi connectivity index (χ0n) is 11.2. The Bertz CT molecular complexity index is 477. The Kier molecular flexibility index (Phi) is 5.80. The first-order valence-corrected chi connectivity index (χ1v) is 6.63. The lowest BCUT2D eigenvalue weighted by molar-refractivity contribution is -0.138. The fraction of sp³-hybridized carbons (Fsp3) is 0.538. The molecule has 0 saturated carbocycles. The zero-order chi connectivity index (χ0) is 15.3. The highest BCUT2D eigenvalue weighted by atomic mass is 35.5. The number of hydrogen-bond acceptors (Lipinski definition) is 2. The molecule has 1 atom stereocenters. The van der Waals surface area contributed by atoms with Gasteiger partial charge < -0.3 is 5.32 Å². The number of nitrogens with one attached hydrogen (secondary N) is 1. The van der Waals surface area contributed by atoms with Crippen molar-refractivity contribution < 1.29 is 18.0 Å². The van der Waals surface area contributed by atoms with Crippen LogP contribution in [0.2, 0.25) is 5.15 Å². The number of hydrogen-bond donors (Lipinski definition) is 1. The van der Waals surface area contributed by atoms with Gasteiger partial charge in [-0.2, -0.15) is 13.2 Å². The second kappa shape index (κ2) is 6.92. The van der Waals surface area contributed by atoms with Crippen molar-refractivity contribution >= 4 is 17.5 Å². The van der Waals surface area contributed by atoms with Crippen LogP contribution in [-0.2, 0) is 6.42 Å². The quantitative estimate of drug-likeness (QED) is 0.842. The number of rotatable bonds is 5. The minimum absolute atomic E-state index is 0.157. The maximum absolute atomic E-state index is 12.2. The Balaban J connectivity index is 2.76. The molecule has 112 valence electrons. The molecule has 0 aliphatic rings. The van der Waals surface area contributed by atoms with Gasteiger partial charge in [0.25, 0.3) is 5.91 Å². The van der Waals surface area contributed by atoms with Crippen LogP contribution in [0.1, 0.15) is 42.7 Å². The highest BCUT2D eigenvalue weighted by molar-refractivity contribution is 6.29. The van der Waals surface area contributed by atoms with E-state index in [2.05, 4.69) is 10.3 Å². The van der Waals surface area contributed by atoms with Crippen LogP contribution in [0.25, 0.3) is 0 Å². The molecular formula is C13H16ClF3N2O. The zero-order valence-corrected chi connectivity index (χ0v) is 12.0. The van der Waals surface area contributed by atoms with Crippen LogP contribution >= 0.6 is 11.6 Å². The van der Waals surface area contributed by atoms with E-state index in [1.807, 2.05) is 6.92 Å². The first-order chi connectivity index (χ1) is 9.21. The maximum Gasteiger partial charge on any atom is 0.391 e. The summed E-state index contributed by atoms with van der Waals surface area (Å²) in [6.45, 7) is 3.26. The van der Waals surface area contributed by atoms with Gasteiger partial charge >= 0.3 is 6.18 Å². The average molecular weight is 309 g/mol. The standard InChI is InChI=1S/C13H16ClF3N2O/c1-3-4-10-5-9(6-11(14)19-10)12(20)18-8(2)7-13(15,16)17/h5-6,8H,3-4,7H2,1-2H3,(H,18,20). The maximum atomic E-state index is 12.2. The van der Waals surface area contributed by atoms with E-state index in [4.69, 9.17) is 11.6 Å². The van der Waals surface area contributed by atoms with Gasteiger partial charge in [0.1, 0.15) is 5.15 Å². The summed E-state index contributed by atoms with van der Waals surface area (Å²) in [5, 5.41) is 2.46. The van der Waals surface area contributed by atoms with Gasteiger partial charge in [0.05, 0.1) is 6.42 Å². The molecular weight excluding hydrogens is 293 g/mol. The van der Waals surface area contributed by atoms with Crippen molar-refractivity contribution in [2.24, 2.45) is 0 Å². The molecule has 1 unspecified atom stereocenters. The SMILES string of the molecule is CCCc1cc(C(=O)NC(C)CC(F)(F)F)cc(Cl)n1. The molecule has 3 nitrogen and oxygen atoms in total. The Labute approximate surface area is 120 Å². The van der Waals surface area contributed by atoms with E-state index in [0.29, 0.717) is 12.1 Å². The second-order valence-corrected chi connectivity index (χ2v) is 5.00. The third-order valence-corrected chi connectivity index (χ3v) is 2.72. The molecule has 7 heteroatoms. The van der Waals surface area contributed by atoms with E-state index in [9.17, 15) is 18.0 Å². The van der Waals surface area contributed by atoms with Crippen LogP contribution in [0, 0.1) is 0 Å². The van der Waals surface area contributed by atoms with Crippen LogP contribution < -0.4 is 5.32 Å². The molecule has 0 bridgehead atoms. The van der Waals surface area contributed by atoms with Crippen molar-refractivity contribution in [3.05, 3.63) is 28.5 Å². The monoisotopic (exact) mass is 308 g/mol. The van der Waals surface area contributed by atoms with Crippen molar-refractivity contribution in [2.75, 3.05) is 0 Å². The molecule has 0 radical (unpaired) electrons. The number of nitrogens with zero attached hydrogens (tertiary/aromatic N) is 1. The third kappa shape index (κ3) is 5.77. The predicted octanol–water partition coefficient (Wildman–Crippen LogP) is 3.76. The van der Waals surface area contributed by atoms with Crippen molar-refractivity contribution in [1.82, 2.24) is 10.3 Å². The Hall–Kier alpha value is -1.30. The van der Waals surface area contributed by atoms with Gasteiger partial charge in [-0.05, 0) is 25.5 Å². The van der Waals surface area contributed by atoms with Crippen molar-refractivity contribution in [2.45, 2.75) is 45.3 Å². The summed E-state index contributed by atoms with van der Waals surface area (Å²) in [5.41, 5.74) is 0.871. The lowest BCUT2D eigenvalue weighted by Crippen LogP contribution is -2.36. The van der Waals surface area contributed by atoms with Crippen molar-refractivity contribution in [3.8, 4) is 0 Å². The summed E-state index contributed by atoms with van der Waals surface area (Å²) in [5.74, 6) is -0.580. The molecule has 1 N–H and O–H groups in total. The van der Waals surface area contributed by atoms with Crippen LogP contribution in [-0.4, -0.2) is 23.1 Å². The fourth-order valence-electron chi connectivity index (χ4n) is 1.77. The molecule has 20 heavy (non-hydrogen) atoms. The molecule has 1 amide bonds. The van der Waals surface area contributed by atoms with Crippen LogP contribution in [0.4, 0.5) is 13.2 Å². The molecule has 0 fully saturated rings. The number of carbonyl (C=O) groups is 1. The van der Waals surface area contributed by atoms with E-state index in [-0.39, 0.29) is 10.7 Å². The molecule has 1 aromatic heterocycles. The molecule has 0 spiro atoms. The number of alkyl halides is 3. The lowest BCUT2D eigenvalue weighted by atomic mass is 10.1. The smallest absolute Gasteiger partial charge is 0.349 e. The van der Waals surface area contributed by atoms with Gasteiger partial charge in [0.15, 0.2) is 0 Å². The Morgan fingerprint density at radius 2 is 2.10 bits per heavy atom. The molecule has 0 aliphatic carbocycles. The summed E-state index contributed by atoms with van der Waals surface area (Å²) in [7, 11) is 0. The molecule has 1 aromatic rings. The van der Waals surface area contributed by atoms with Crippen molar-refractivity contribution in [1.29, 1.82) is 0 Å². The third-order valence-electron chi connectivity index (χ3n) is 2.53. The van der Waals surface area contributed by atoms with Gasteiger partial charge in [0, 0.05) is 17.3 Å². The highest BCUT2D eigenvalue weighted by Gasteiger charge is 2.30. The number of amides is 1. The van der Waals surface area contributed by atoms with Gasteiger partial charge in [-0.1, -0.05) is 24.9 Å². The summed E-state index contributed by atoms with van der Waals surface area (Å²) < 4.78 is 36.6. The first kappa shape index (κ1) is 16.8. The summed E-state index contributed by atoms with van der Waals surface area (Å²) in [4.78, 5) is 15.9. The van der Waals surface area contributed by atoms with Crippen LogP contribution in [0.15, 0.2) is 12.1 Å². The predicted molar refractivity (Wildman–Crippen MR) is 70.8 cm³/mol. The Morgan fingerprint density at radius 1 is 1.45 bits per heavy atom. The minimum atomic E-state index is -4.31. The first-order valence-electron chi connectivity index (χ1n) is 6.25. The van der Waals surface area contributed by atoms with Gasteiger partial charge in [0.2, 0.25) is 0 Å². The van der Waals surface area contributed by atoms with Gasteiger partial charge in [-0.15, -0.1) is 0 Å². The summed E-state index contributed by atoms with van der Waals surface area (Å²) in [6, 6.07) is 1.89. The van der Waals surface area contributed by atoms with Gasteiger partial charge in [-0.25, -0.2) is 4.98 Å². The van der Waals surface area contributed by atoms with E-state index in [1.54, 1.807) is 6.07 Å². The van der Waals surface area contributed by atoms with E-state index in [1.165, 1.54) is 13.0 Å². The second-order valence-electron chi connectivity index (χ2n) is 4.61.